The lowest BCUT2D eigenvalue weighted by Gasteiger charge is -2.40. The lowest BCUT2D eigenvalue weighted by molar-refractivity contribution is 0.544. The van der Waals surface area contributed by atoms with Crippen LogP contribution in [-0.4, -0.2) is 10.1 Å². The van der Waals surface area contributed by atoms with E-state index >= 15 is 0 Å². The second kappa shape index (κ2) is 14.1. The number of benzene rings is 9. The van der Waals surface area contributed by atoms with E-state index in [4.69, 9.17) is 0 Å². The van der Waals surface area contributed by atoms with Crippen molar-refractivity contribution in [2.45, 2.75) is 38.1 Å². The average Bonchev–Trinajstić information content (AvgIpc) is 3.79. The van der Waals surface area contributed by atoms with E-state index in [9.17, 15) is 0 Å². The van der Waals surface area contributed by atoms with E-state index in [0.29, 0.717) is 5.92 Å². The van der Waals surface area contributed by atoms with Crippen LogP contribution in [0.15, 0.2) is 212 Å². The van der Waals surface area contributed by atoms with Gasteiger partial charge in [0.15, 0.2) is 0 Å². The number of fused-ring (bicyclic) bond motifs is 8. The van der Waals surface area contributed by atoms with Crippen LogP contribution in [0.5, 0.6) is 0 Å². The van der Waals surface area contributed by atoms with E-state index in [1.54, 1.807) is 0 Å². The summed E-state index contributed by atoms with van der Waals surface area (Å²) in [7, 11) is 0. The zero-order chi connectivity index (χ0) is 41.5. The fourth-order valence-electron chi connectivity index (χ4n) is 10.8. The van der Waals surface area contributed by atoms with Crippen LogP contribution in [0.1, 0.15) is 49.3 Å². The molecule has 1 aliphatic carbocycles. The monoisotopic (exact) mass is 794 g/mol. The molecule has 12 rings (SSSR count). The molecule has 2 unspecified atom stereocenters. The van der Waals surface area contributed by atoms with Crippen LogP contribution in [-0.2, 0) is 0 Å². The third-order valence-corrected chi connectivity index (χ3v) is 13.8. The maximum Gasteiger partial charge on any atom is 0.0712 e. The molecule has 0 fully saturated rings. The van der Waals surface area contributed by atoms with Gasteiger partial charge in [0.05, 0.1) is 16.6 Å². The first-order chi connectivity index (χ1) is 30.5. The molecule has 0 saturated carbocycles. The molecule has 0 saturated heterocycles. The van der Waals surface area contributed by atoms with Crippen LogP contribution in [0.4, 0.5) is 11.4 Å². The van der Waals surface area contributed by atoms with Crippen LogP contribution < -0.4 is 4.90 Å². The van der Waals surface area contributed by atoms with Gasteiger partial charge in [-0.25, -0.2) is 0 Å². The maximum absolute atomic E-state index is 2.52. The van der Waals surface area contributed by atoms with Crippen molar-refractivity contribution in [1.82, 2.24) is 4.57 Å². The second-order valence-corrected chi connectivity index (χ2v) is 17.6. The van der Waals surface area contributed by atoms with Crippen molar-refractivity contribution in [3.63, 3.8) is 0 Å². The van der Waals surface area contributed by atoms with Crippen molar-refractivity contribution in [3.05, 3.63) is 229 Å². The summed E-state index contributed by atoms with van der Waals surface area (Å²) in [5.74, 6) is 0.639. The Morgan fingerprint density at radius 2 is 1.00 bits per heavy atom. The van der Waals surface area contributed by atoms with Gasteiger partial charge in [-0.15, -0.1) is 0 Å². The largest absolute Gasteiger partial charge is 0.331 e. The highest BCUT2D eigenvalue weighted by atomic mass is 15.2. The quantitative estimate of drug-likeness (QED) is 0.152. The van der Waals surface area contributed by atoms with Gasteiger partial charge in [0.2, 0.25) is 0 Å². The molecule has 10 aromatic rings. The number of rotatable bonds is 6. The molecule has 9 aromatic carbocycles. The van der Waals surface area contributed by atoms with Crippen molar-refractivity contribution in [2.24, 2.45) is 0 Å². The summed E-state index contributed by atoms with van der Waals surface area (Å²) >= 11 is 0. The molecule has 0 N–H and O–H groups in total. The number of nitrogens with zero attached hydrogens (tertiary/aromatic N) is 2. The molecule has 2 heterocycles. The van der Waals surface area contributed by atoms with E-state index in [2.05, 4.69) is 243 Å². The van der Waals surface area contributed by atoms with Gasteiger partial charge in [-0.1, -0.05) is 172 Å². The maximum atomic E-state index is 2.52. The van der Waals surface area contributed by atoms with Crippen molar-refractivity contribution in [1.29, 1.82) is 0 Å². The van der Waals surface area contributed by atoms with E-state index in [-0.39, 0.29) is 11.5 Å². The summed E-state index contributed by atoms with van der Waals surface area (Å²) in [5, 5.41) is 7.64. The third-order valence-electron chi connectivity index (χ3n) is 13.8. The van der Waals surface area contributed by atoms with Gasteiger partial charge in [0, 0.05) is 33.8 Å². The van der Waals surface area contributed by atoms with Gasteiger partial charge in [0.25, 0.3) is 0 Å². The normalized spacial score (nSPS) is 17.0. The minimum atomic E-state index is -0.213. The fraction of sp³-hybridized carbons (Fsp3) is 0.100. The Hall–Kier alpha value is -7.42. The van der Waals surface area contributed by atoms with E-state index in [1.807, 2.05) is 0 Å². The van der Waals surface area contributed by atoms with Gasteiger partial charge < -0.3 is 9.47 Å². The van der Waals surface area contributed by atoms with E-state index in [0.717, 1.165) is 5.69 Å². The van der Waals surface area contributed by atoms with Crippen molar-refractivity contribution < 1.29 is 0 Å². The van der Waals surface area contributed by atoms with Gasteiger partial charge in [-0.3, -0.25) is 0 Å². The third kappa shape index (κ3) is 5.49. The molecule has 2 atom stereocenters. The zero-order valence-electron chi connectivity index (χ0n) is 35.3. The number of hydrogen-bond donors (Lipinski definition) is 0. The first-order valence-corrected chi connectivity index (χ1v) is 22.0. The topological polar surface area (TPSA) is 8.17 Å². The molecule has 0 spiro atoms. The molecular weight excluding hydrogens is 749 g/mol. The fourth-order valence-corrected chi connectivity index (χ4v) is 10.8. The first-order valence-electron chi connectivity index (χ1n) is 22.0. The molecule has 1 aliphatic heterocycles. The number of allylic oxidation sites excluding steroid dienone is 2. The molecule has 0 amide bonds. The van der Waals surface area contributed by atoms with E-state index < -0.39 is 0 Å². The minimum Gasteiger partial charge on any atom is -0.331 e. The Bertz CT molecular complexity index is 3380. The minimum absolute atomic E-state index is 0.213. The van der Waals surface area contributed by atoms with Crippen molar-refractivity contribution >= 4 is 60.3 Å². The highest BCUT2D eigenvalue weighted by Gasteiger charge is 2.47. The average molecular weight is 795 g/mol. The molecule has 296 valence electrons. The summed E-state index contributed by atoms with van der Waals surface area (Å²) in [4.78, 5) is 2.52. The Morgan fingerprint density at radius 1 is 0.468 bits per heavy atom. The highest BCUT2D eigenvalue weighted by Crippen LogP contribution is 2.55. The highest BCUT2D eigenvalue weighted by molar-refractivity contribution is 6.21. The molecule has 2 nitrogen and oxygen atoms in total. The van der Waals surface area contributed by atoms with E-state index in [1.165, 1.54) is 99.2 Å². The number of anilines is 2. The van der Waals surface area contributed by atoms with Gasteiger partial charge >= 0.3 is 0 Å². The number of hydrogen-bond acceptors (Lipinski definition) is 1. The Labute approximate surface area is 363 Å². The van der Waals surface area contributed by atoms with Crippen LogP contribution in [0.2, 0.25) is 0 Å². The Balaban J connectivity index is 0.987. The predicted molar refractivity (Wildman–Crippen MR) is 264 cm³/mol. The number of para-hydroxylation sites is 2. The van der Waals surface area contributed by atoms with Crippen LogP contribution in [0, 0.1) is 0 Å². The van der Waals surface area contributed by atoms with Gasteiger partial charge in [-0.2, -0.15) is 0 Å². The van der Waals surface area contributed by atoms with Crippen LogP contribution in [0.3, 0.4) is 0 Å². The van der Waals surface area contributed by atoms with Gasteiger partial charge in [0.1, 0.15) is 0 Å². The smallest absolute Gasteiger partial charge is 0.0712 e. The lowest BCUT2D eigenvalue weighted by atomic mass is 9.77. The standard InChI is InChI=1S/C60H46N2/c1-39(2)42-28-32-55-52(36-42)53-37-43(44-34-35-60(3)54(38-44)51-24-14-15-25-57(51)62(60)46-18-8-5-9-19-46)29-33-56(53)61(55)45-30-26-41(27-31-45)59-49-22-12-10-20-47(49)58(40-16-6-4-7-17-40)48-21-11-13-23-50(48)59/h4-39,54H,1-3H3. The summed E-state index contributed by atoms with van der Waals surface area (Å²) in [6, 6.07) is 71.9. The molecular formula is C60H46N2. The van der Waals surface area contributed by atoms with Crippen LogP contribution in [0.25, 0.3) is 76.9 Å². The summed E-state index contributed by atoms with van der Waals surface area (Å²) < 4.78 is 2.46. The second-order valence-electron chi connectivity index (χ2n) is 17.6. The van der Waals surface area contributed by atoms with Crippen LogP contribution >= 0.6 is 0 Å². The van der Waals surface area contributed by atoms with Crippen molar-refractivity contribution in [3.8, 4) is 27.9 Å². The molecule has 1 aromatic heterocycles. The first kappa shape index (κ1) is 36.4. The summed E-state index contributed by atoms with van der Waals surface area (Å²) in [6.07, 6.45) is 7.31. The molecule has 0 bridgehead atoms. The zero-order valence-corrected chi connectivity index (χ0v) is 35.3. The SMILES string of the molecule is CC(C)c1ccc2c(c1)c1cc(C3=CC4c5ccccc5N(c5ccccc5)C4(C)C=C3)ccc1n2-c1ccc(-c2c3ccccc3c(-c3ccccc3)c3ccccc23)cc1. The lowest BCUT2D eigenvalue weighted by Crippen LogP contribution is -2.42. The molecule has 2 heteroatoms. The predicted octanol–water partition coefficient (Wildman–Crippen LogP) is 16.2. The Kier molecular flexibility index (Phi) is 8.27. The number of aromatic nitrogens is 1. The van der Waals surface area contributed by atoms with Crippen molar-refractivity contribution in [2.75, 3.05) is 4.90 Å². The Morgan fingerprint density at radius 3 is 1.65 bits per heavy atom. The van der Waals surface area contributed by atoms with Gasteiger partial charge in [-0.05, 0) is 134 Å². The summed E-state index contributed by atoms with van der Waals surface area (Å²) in [6.45, 7) is 6.96. The molecule has 2 aliphatic rings. The molecule has 62 heavy (non-hydrogen) atoms. The molecule has 0 radical (unpaired) electrons. The summed E-state index contributed by atoms with van der Waals surface area (Å²) in [5.41, 5.74) is 16.1.